The predicted molar refractivity (Wildman–Crippen MR) is 80.3 cm³/mol. The number of aromatic nitrogens is 3. The summed E-state index contributed by atoms with van der Waals surface area (Å²) in [6.07, 6.45) is -2.66. The summed E-state index contributed by atoms with van der Waals surface area (Å²) in [6.45, 7) is 1.73. The monoisotopic (exact) mass is 334 g/mol. The molecule has 2 aromatic heterocycles. The minimum absolute atomic E-state index is 0.142. The van der Waals surface area contributed by atoms with Gasteiger partial charge in [-0.1, -0.05) is 6.07 Å². The molecule has 0 saturated carbocycles. The van der Waals surface area contributed by atoms with Crippen molar-refractivity contribution in [3.63, 3.8) is 0 Å². The Hall–Kier alpha value is -2.90. The summed E-state index contributed by atoms with van der Waals surface area (Å²) in [5, 5.41) is 10.7. The summed E-state index contributed by atoms with van der Waals surface area (Å²) in [5.74, 6) is 0.0507. The van der Waals surface area contributed by atoms with E-state index in [1.54, 1.807) is 23.6 Å². The van der Waals surface area contributed by atoms with Crippen LogP contribution >= 0.6 is 0 Å². The Balaban J connectivity index is 1.77. The number of alkyl halides is 3. The molecule has 8 heteroatoms. The van der Waals surface area contributed by atoms with Crippen molar-refractivity contribution in [3.8, 4) is 0 Å². The molecule has 1 atom stereocenters. The Morgan fingerprint density at radius 1 is 1.12 bits per heavy atom. The maximum atomic E-state index is 12.5. The number of rotatable bonds is 3. The Morgan fingerprint density at radius 2 is 1.83 bits per heavy atom. The van der Waals surface area contributed by atoms with Gasteiger partial charge in [-0.2, -0.15) is 13.2 Å². The number of carbonyl (C=O) groups excluding carboxylic acids is 1. The number of nitrogens with one attached hydrogen (secondary N) is 1. The molecule has 0 radical (unpaired) electrons. The highest BCUT2D eigenvalue weighted by molar-refractivity contribution is 5.94. The molecule has 0 bridgehead atoms. The van der Waals surface area contributed by atoms with Crippen molar-refractivity contribution in [1.29, 1.82) is 0 Å². The number of nitrogens with zero attached hydrogens (tertiary/aromatic N) is 3. The van der Waals surface area contributed by atoms with Gasteiger partial charge in [0.05, 0.1) is 11.6 Å². The van der Waals surface area contributed by atoms with Crippen LogP contribution in [0, 0.1) is 0 Å². The van der Waals surface area contributed by atoms with Crippen LogP contribution < -0.4 is 5.32 Å². The van der Waals surface area contributed by atoms with E-state index < -0.39 is 23.7 Å². The van der Waals surface area contributed by atoms with E-state index in [1.807, 2.05) is 12.1 Å². The number of hydrogen-bond donors (Lipinski definition) is 1. The second-order valence-corrected chi connectivity index (χ2v) is 5.26. The van der Waals surface area contributed by atoms with E-state index in [4.69, 9.17) is 0 Å². The van der Waals surface area contributed by atoms with Crippen molar-refractivity contribution in [1.82, 2.24) is 19.9 Å². The maximum absolute atomic E-state index is 12.5. The highest BCUT2D eigenvalue weighted by Gasteiger charge is 2.30. The fourth-order valence-corrected chi connectivity index (χ4v) is 2.31. The molecular formula is C16H13F3N4O. The van der Waals surface area contributed by atoms with Gasteiger partial charge in [-0.15, -0.1) is 10.2 Å². The number of carbonyl (C=O) groups is 1. The molecule has 24 heavy (non-hydrogen) atoms. The van der Waals surface area contributed by atoms with Crippen LogP contribution in [-0.2, 0) is 6.18 Å². The summed E-state index contributed by atoms with van der Waals surface area (Å²) in [5.41, 5.74) is -0.0117. The van der Waals surface area contributed by atoms with Gasteiger partial charge < -0.3 is 5.32 Å². The second kappa shape index (κ2) is 5.95. The zero-order valence-electron chi connectivity index (χ0n) is 12.6. The number of halogens is 3. The third-order valence-corrected chi connectivity index (χ3v) is 3.55. The summed E-state index contributed by atoms with van der Waals surface area (Å²) in [4.78, 5) is 12.2. The quantitative estimate of drug-likeness (QED) is 0.800. The second-order valence-electron chi connectivity index (χ2n) is 5.26. The highest BCUT2D eigenvalue weighted by Crippen LogP contribution is 2.29. The van der Waals surface area contributed by atoms with Gasteiger partial charge in [0.1, 0.15) is 0 Å². The Kier molecular flexibility index (Phi) is 3.96. The average Bonchev–Trinajstić information content (AvgIpc) is 2.98. The smallest absolute Gasteiger partial charge is 0.342 e. The highest BCUT2D eigenvalue weighted by atomic mass is 19.4. The lowest BCUT2D eigenvalue weighted by Gasteiger charge is -2.13. The Morgan fingerprint density at radius 3 is 2.50 bits per heavy atom. The number of hydrogen-bond acceptors (Lipinski definition) is 3. The van der Waals surface area contributed by atoms with Crippen molar-refractivity contribution < 1.29 is 18.0 Å². The minimum atomic E-state index is -4.43. The lowest BCUT2D eigenvalue weighted by Crippen LogP contribution is -2.28. The van der Waals surface area contributed by atoms with E-state index in [0.29, 0.717) is 11.5 Å². The lowest BCUT2D eigenvalue weighted by molar-refractivity contribution is -0.137. The number of benzene rings is 1. The van der Waals surface area contributed by atoms with Crippen LogP contribution in [0.3, 0.4) is 0 Å². The molecule has 1 amide bonds. The molecule has 2 heterocycles. The predicted octanol–water partition coefficient (Wildman–Crippen LogP) is 3.24. The molecule has 3 rings (SSSR count). The van der Waals surface area contributed by atoms with E-state index in [2.05, 4.69) is 15.5 Å². The van der Waals surface area contributed by atoms with Crippen LogP contribution in [0.2, 0.25) is 0 Å². The van der Waals surface area contributed by atoms with E-state index in [9.17, 15) is 18.0 Å². The van der Waals surface area contributed by atoms with Gasteiger partial charge in [-0.3, -0.25) is 9.20 Å². The average molecular weight is 334 g/mol. The normalized spacial score (nSPS) is 13.0. The number of amides is 1. The zero-order chi connectivity index (χ0) is 17.3. The van der Waals surface area contributed by atoms with Gasteiger partial charge in [0, 0.05) is 11.8 Å². The fraction of sp³-hybridized carbons (Fsp3) is 0.188. The Bertz CT molecular complexity index is 871. The van der Waals surface area contributed by atoms with Crippen molar-refractivity contribution in [2.24, 2.45) is 0 Å². The van der Waals surface area contributed by atoms with Crippen molar-refractivity contribution >= 4 is 11.6 Å². The fourth-order valence-electron chi connectivity index (χ4n) is 2.31. The summed E-state index contributed by atoms with van der Waals surface area (Å²) >= 11 is 0. The molecule has 5 nitrogen and oxygen atoms in total. The van der Waals surface area contributed by atoms with Crippen LogP contribution in [0.15, 0.2) is 48.7 Å². The standard InChI is InChI=1S/C16H13F3N4O/c1-10(14-22-21-13-4-2-3-9-23(13)14)20-15(24)11-5-7-12(8-6-11)16(17,18)19/h2-10H,1H3,(H,20,24). The SMILES string of the molecule is CC(NC(=O)c1ccc(C(F)(F)F)cc1)c1nnc2ccccn12. The molecule has 0 aliphatic heterocycles. The van der Waals surface area contributed by atoms with Gasteiger partial charge in [0.15, 0.2) is 11.5 Å². The molecule has 1 aromatic carbocycles. The molecule has 124 valence electrons. The number of fused-ring (bicyclic) bond motifs is 1. The van der Waals surface area contributed by atoms with E-state index in [1.165, 1.54) is 0 Å². The molecule has 0 spiro atoms. The van der Waals surface area contributed by atoms with Gasteiger partial charge in [-0.05, 0) is 43.3 Å². The first kappa shape index (κ1) is 16.0. The Labute approximate surface area is 135 Å². The molecule has 0 saturated heterocycles. The molecule has 3 aromatic rings. The van der Waals surface area contributed by atoms with Gasteiger partial charge in [0.2, 0.25) is 0 Å². The van der Waals surface area contributed by atoms with Crippen molar-refractivity contribution in [3.05, 3.63) is 65.6 Å². The van der Waals surface area contributed by atoms with Crippen LogP contribution in [0.1, 0.15) is 34.7 Å². The summed E-state index contributed by atoms with van der Waals surface area (Å²) in [6, 6.07) is 9.00. The molecule has 0 aliphatic rings. The first-order chi connectivity index (χ1) is 11.4. The largest absolute Gasteiger partial charge is 0.416 e. The van der Waals surface area contributed by atoms with Gasteiger partial charge in [0.25, 0.3) is 5.91 Å². The molecule has 1 unspecified atom stereocenters. The molecule has 0 aliphatic carbocycles. The zero-order valence-corrected chi connectivity index (χ0v) is 12.6. The first-order valence-corrected chi connectivity index (χ1v) is 7.14. The first-order valence-electron chi connectivity index (χ1n) is 7.14. The lowest BCUT2D eigenvalue weighted by atomic mass is 10.1. The van der Waals surface area contributed by atoms with E-state index >= 15 is 0 Å². The molecular weight excluding hydrogens is 321 g/mol. The van der Waals surface area contributed by atoms with E-state index in [0.717, 1.165) is 24.3 Å². The summed E-state index contributed by atoms with van der Waals surface area (Å²) in [7, 11) is 0. The van der Waals surface area contributed by atoms with Crippen LogP contribution in [0.4, 0.5) is 13.2 Å². The topological polar surface area (TPSA) is 59.3 Å². The van der Waals surface area contributed by atoms with Crippen molar-refractivity contribution in [2.45, 2.75) is 19.1 Å². The third kappa shape index (κ3) is 3.08. The van der Waals surface area contributed by atoms with Crippen LogP contribution in [0.25, 0.3) is 5.65 Å². The summed E-state index contributed by atoms with van der Waals surface area (Å²) < 4.78 is 39.4. The molecule has 1 N–H and O–H groups in total. The minimum Gasteiger partial charge on any atom is -0.342 e. The van der Waals surface area contributed by atoms with Crippen molar-refractivity contribution in [2.75, 3.05) is 0 Å². The maximum Gasteiger partial charge on any atom is 0.416 e. The third-order valence-electron chi connectivity index (χ3n) is 3.55. The van der Waals surface area contributed by atoms with Crippen LogP contribution in [-0.4, -0.2) is 20.5 Å². The number of pyridine rings is 1. The van der Waals surface area contributed by atoms with Gasteiger partial charge in [-0.25, -0.2) is 0 Å². The van der Waals surface area contributed by atoms with E-state index in [-0.39, 0.29) is 5.56 Å². The molecule has 0 fully saturated rings. The van der Waals surface area contributed by atoms with Crippen LogP contribution in [0.5, 0.6) is 0 Å². The van der Waals surface area contributed by atoms with Gasteiger partial charge >= 0.3 is 6.18 Å².